The Morgan fingerprint density at radius 1 is 1.15 bits per heavy atom. The Morgan fingerprint density at radius 2 is 1.91 bits per heavy atom. The maximum atomic E-state index is 12.5. The summed E-state index contributed by atoms with van der Waals surface area (Å²) in [5, 5.41) is 7.02. The lowest BCUT2D eigenvalue weighted by Crippen LogP contribution is -2.45. The van der Waals surface area contributed by atoms with Gasteiger partial charge < -0.3 is 4.90 Å². The first-order valence-corrected chi connectivity index (χ1v) is 11.8. The fourth-order valence-corrected chi connectivity index (χ4v) is 4.89. The van der Waals surface area contributed by atoms with E-state index in [1.165, 1.54) is 5.57 Å². The smallest absolute Gasteiger partial charge is 0.244 e. The highest BCUT2D eigenvalue weighted by atomic mass is 35.5. The van der Waals surface area contributed by atoms with E-state index < -0.39 is 0 Å². The zero-order chi connectivity index (χ0) is 23.6. The summed E-state index contributed by atoms with van der Waals surface area (Å²) in [7, 11) is 0. The molecule has 4 nitrogen and oxygen atoms in total. The molecular formula is C28H30ClN3O. The number of nitrogens with one attached hydrogen (secondary N) is 1. The molecule has 3 aromatic rings. The molecule has 5 heteroatoms. The van der Waals surface area contributed by atoms with Crippen molar-refractivity contribution in [1.29, 1.82) is 0 Å². The second-order valence-electron chi connectivity index (χ2n) is 9.13. The number of carbonyl (C=O) groups is 1. The number of halogens is 1. The predicted octanol–water partition coefficient (Wildman–Crippen LogP) is 6.60. The quantitative estimate of drug-likeness (QED) is 0.333. The molecule has 170 valence electrons. The summed E-state index contributed by atoms with van der Waals surface area (Å²) in [5.41, 5.74) is 7.85. The Morgan fingerprint density at radius 3 is 2.70 bits per heavy atom. The summed E-state index contributed by atoms with van der Waals surface area (Å²) < 4.78 is 0. The number of rotatable bonds is 6. The molecule has 3 aromatic carbocycles. The summed E-state index contributed by atoms with van der Waals surface area (Å²) >= 11 is 6.63. The third-order valence-electron chi connectivity index (χ3n) is 6.17. The number of nitrogens with zero attached hydrogens (tertiary/aromatic N) is 2. The third kappa shape index (κ3) is 4.81. The molecule has 0 unspecified atom stereocenters. The van der Waals surface area contributed by atoms with Crippen LogP contribution in [0, 0.1) is 0 Å². The van der Waals surface area contributed by atoms with Crippen LogP contribution in [-0.4, -0.2) is 24.2 Å². The van der Waals surface area contributed by atoms with Crippen molar-refractivity contribution in [2.75, 3.05) is 11.4 Å². The molecule has 0 bridgehead atoms. The van der Waals surface area contributed by atoms with E-state index in [1.807, 2.05) is 48.5 Å². The minimum Gasteiger partial charge on any atom is -0.362 e. The zero-order valence-corrected chi connectivity index (χ0v) is 20.4. The summed E-state index contributed by atoms with van der Waals surface area (Å²) in [4.78, 5) is 14.9. The third-order valence-corrected chi connectivity index (χ3v) is 6.49. The molecule has 1 aliphatic heterocycles. The number of fused-ring (bicyclic) bond motifs is 2. The number of benzene rings is 3. The van der Waals surface area contributed by atoms with Crippen LogP contribution < -0.4 is 10.3 Å². The van der Waals surface area contributed by atoms with E-state index in [0.717, 1.165) is 46.1 Å². The molecule has 0 saturated heterocycles. The van der Waals surface area contributed by atoms with Crippen LogP contribution in [0.25, 0.3) is 16.3 Å². The minimum absolute atomic E-state index is 0.0678. The van der Waals surface area contributed by atoms with Gasteiger partial charge >= 0.3 is 0 Å². The van der Waals surface area contributed by atoms with Crippen molar-refractivity contribution in [1.82, 2.24) is 5.43 Å². The van der Waals surface area contributed by atoms with Crippen LogP contribution in [0.4, 0.5) is 5.69 Å². The van der Waals surface area contributed by atoms with Crippen LogP contribution in [0.15, 0.2) is 65.8 Å². The molecule has 4 rings (SSSR count). The van der Waals surface area contributed by atoms with Gasteiger partial charge in [0.1, 0.15) is 0 Å². The van der Waals surface area contributed by atoms with Crippen molar-refractivity contribution in [3.05, 3.63) is 82.4 Å². The molecule has 0 aromatic heterocycles. The van der Waals surface area contributed by atoms with Gasteiger partial charge in [-0.25, -0.2) is 5.43 Å². The highest BCUT2D eigenvalue weighted by Crippen LogP contribution is 2.41. The molecule has 1 amide bonds. The molecule has 0 saturated carbocycles. The number of carbonyl (C=O) groups excluding carboxylic acids is 1. The van der Waals surface area contributed by atoms with E-state index in [-0.39, 0.29) is 17.9 Å². The molecule has 0 atom stereocenters. The molecule has 1 heterocycles. The van der Waals surface area contributed by atoms with Gasteiger partial charge in [0.05, 0.1) is 23.2 Å². The van der Waals surface area contributed by atoms with Crippen LogP contribution in [0.1, 0.15) is 50.8 Å². The standard InChI is InChI=1S/C28H30ClN3O/c1-5-13-32-26-16-25(29)22(14-24(26)19(2)17-28(32,3)4)18-30-31-27(33)15-21-11-8-10-20-9-6-7-12-23(20)21/h6-12,14,16-18H,5,13,15H2,1-4H3,(H,31,33)/b30-18-. The topological polar surface area (TPSA) is 44.7 Å². The van der Waals surface area contributed by atoms with E-state index >= 15 is 0 Å². The second-order valence-corrected chi connectivity index (χ2v) is 9.54. The molecule has 1 N–H and O–H groups in total. The van der Waals surface area contributed by atoms with Crippen molar-refractivity contribution in [2.45, 2.75) is 46.1 Å². The maximum Gasteiger partial charge on any atom is 0.244 e. The summed E-state index contributed by atoms with van der Waals surface area (Å²) in [5.74, 6) is -0.163. The van der Waals surface area contributed by atoms with Crippen molar-refractivity contribution in [2.24, 2.45) is 5.10 Å². The largest absolute Gasteiger partial charge is 0.362 e. The first kappa shape index (κ1) is 23.1. The lowest BCUT2D eigenvalue weighted by atomic mass is 9.88. The number of anilines is 1. The minimum atomic E-state index is -0.163. The lowest BCUT2D eigenvalue weighted by molar-refractivity contribution is -0.120. The van der Waals surface area contributed by atoms with Crippen molar-refractivity contribution >= 4 is 45.8 Å². The molecule has 0 spiro atoms. The van der Waals surface area contributed by atoms with Gasteiger partial charge in [0.2, 0.25) is 5.91 Å². The Hall–Kier alpha value is -3.11. The van der Waals surface area contributed by atoms with E-state index in [0.29, 0.717) is 5.02 Å². The molecule has 0 fully saturated rings. The normalized spacial score (nSPS) is 14.9. The fourth-order valence-electron chi connectivity index (χ4n) is 4.68. The average molecular weight is 460 g/mol. The number of hydrogen-bond donors (Lipinski definition) is 1. The van der Waals surface area contributed by atoms with Gasteiger partial charge in [0, 0.05) is 23.4 Å². The first-order valence-electron chi connectivity index (χ1n) is 11.4. The van der Waals surface area contributed by atoms with E-state index in [4.69, 9.17) is 11.6 Å². The first-order chi connectivity index (χ1) is 15.8. The molecule has 33 heavy (non-hydrogen) atoms. The van der Waals surface area contributed by atoms with E-state index in [9.17, 15) is 4.79 Å². The Balaban J connectivity index is 1.52. The van der Waals surface area contributed by atoms with Crippen LogP contribution in [0.2, 0.25) is 5.02 Å². The molecule has 1 aliphatic rings. The second kappa shape index (κ2) is 9.40. The van der Waals surface area contributed by atoms with E-state index in [2.05, 4.69) is 55.3 Å². The van der Waals surface area contributed by atoms with Crippen molar-refractivity contribution in [3.63, 3.8) is 0 Å². The van der Waals surface area contributed by atoms with Gasteiger partial charge in [-0.15, -0.1) is 0 Å². The fraction of sp³-hybridized carbons (Fsp3) is 0.286. The summed E-state index contributed by atoms with van der Waals surface area (Å²) in [6.45, 7) is 9.72. The average Bonchev–Trinajstić information content (AvgIpc) is 2.77. The monoisotopic (exact) mass is 459 g/mol. The van der Waals surface area contributed by atoms with Crippen LogP contribution >= 0.6 is 11.6 Å². The molecule has 0 aliphatic carbocycles. The van der Waals surface area contributed by atoms with Crippen LogP contribution in [0.3, 0.4) is 0 Å². The van der Waals surface area contributed by atoms with Gasteiger partial charge in [-0.05, 0) is 61.2 Å². The summed E-state index contributed by atoms with van der Waals surface area (Å²) in [6.07, 6.45) is 5.24. The van der Waals surface area contributed by atoms with Crippen LogP contribution in [-0.2, 0) is 11.2 Å². The van der Waals surface area contributed by atoms with Gasteiger partial charge in [0.15, 0.2) is 0 Å². The maximum absolute atomic E-state index is 12.5. The Bertz CT molecular complexity index is 1250. The highest BCUT2D eigenvalue weighted by Gasteiger charge is 2.31. The SMILES string of the molecule is CCCN1c2cc(Cl)c(/C=N\NC(=O)Cc3cccc4ccccc34)cc2C(C)=CC1(C)C. The summed E-state index contributed by atoms with van der Waals surface area (Å²) in [6, 6.07) is 18.1. The number of hydrogen-bond acceptors (Lipinski definition) is 3. The number of hydrazone groups is 1. The molecular weight excluding hydrogens is 430 g/mol. The van der Waals surface area contributed by atoms with Crippen molar-refractivity contribution in [3.8, 4) is 0 Å². The van der Waals surface area contributed by atoms with Gasteiger partial charge in [0.25, 0.3) is 0 Å². The highest BCUT2D eigenvalue weighted by molar-refractivity contribution is 6.33. The van der Waals surface area contributed by atoms with Crippen molar-refractivity contribution < 1.29 is 4.79 Å². The van der Waals surface area contributed by atoms with Gasteiger partial charge in [-0.1, -0.05) is 67.1 Å². The Kier molecular flexibility index (Phi) is 6.57. The van der Waals surface area contributed by atoms with Crippen LogP contribution in [0.5, 0.6) is 0 Å². The Labute approximate surface area is 200 Å². The van der Waals surface area contributed by atoms with Gasteiger partial charge in [-0.3, -0.25) is 4.79 Å². The number of allylic oxidation sites excluding steroid dienone is 1. The van der Waals surface area contributed by atoms with E-state index in [1.54, 1.807) is 6.21 Å². The number of amides is 1. The molecule has 0 radical (unpaired) electrons. The van der Waals surface area contributed by atoms with Gasteiger partial charge in [-0.2, -0.15) is 5.10 Å². The predicted molar refractivity (Wildman–Crippen MR) is 140 cm³/mol. The zero-order valence-electron chi connectivity index (χ0n) is 19.7. The lowest BCUT2D eigenvalue weighted by Gasteiger charge is -2.43.